The van der Waals surface area contributed by atoms with E-state index in [-0.39, 0.29) is 9.14 Å². The third-order valence-electron chi connectivity index (χ3n) is 3.27. The molecular weight excluding hydrogens is 350 g/mol. The summed E-state index contributed by atoms with van der Waals surface area (Å²) in [5.41, 5.74) is 1.02. The number of halogens is 2. The molecule has 0 radical (unpaired) electrons. The Balaban J connectivity index is 2.09. The number of carbonyl (C=O) groups excluding carboxylic acids is 1. The first-order valence-electron chi connectivity index (χ1n) is 5.19. The minimum Gasteiger partial charge on any atom is -0.272 e. The summed E-state index contributed by atoms with van der Waals surface area (Å²) in [5.74, 6) is -0.0417. The number of fused-ring (bicyclic) bond motifs is 1. The van der Waals surface area contributed by atoms with Gasteiger partial charge in [0.15, 0.2) is 0 Å². The van der Waals surface area contributed by atoms with Gasteiger partial charge in [-0.2, -0.15) is 4.68 Å². The van der Waals surface area contributed by atoms with Crippen molar-refractivity contribution in [2.24, 2.45) is 5.41 Å². The number of para-hydroxylation sites is 1. The Hall–Kier alpha value is -0.750. The van der Waals surface area contributed by atoms with Crippen LogP contribution in [0.4, 0.5) is 0 Å². The van der Waals surface area contributed by atoms with Crippen molar-refractivity contribution in [1.29, 1.82) is 0 Å². The highest BCUT2D eigenvalue weighted by Gasteiger charge is 2.67. The number of hydrogen-bond donors (Lipinski definition) is 0. The maximum Gasteiger partial charge on any atom is 0.257 e. The number of benzene rings is 1. The number of aromatic nitrogens is 3. The smallest absolute Gasteiger partial charge is 0.257 e. The summed E-state index contributed by atoms with van der Waals surface area (Å²) in [6.07, 6.45) is 0.743. The van der Waals surface area contributed by atoms with Gasteiger partial charge in [-0.25, -0.2) is 0 Å². The second-order valence-electron chi connectivity index (χ2n) is 4.51. The van der Waals surface area contributed by atoms with E-state index >= 15 is 0 Å². The third kappa shape index (κ3) is 1.50. The van der Waals surface area contributed by atoms with E-state index in [2.05, 4.69) is 42.2 Å². The van der Waals surface area contributed by atoms with Crippen molar-refractivity contribution in [3.05, 3.63) is 24.3 Å². The molecule has 1 aromatic heterocycles. The summed E-state index contributed by atoms with van der Waals surface area (Å²) in [4.78, 5) is 12.4. The van der Waals surface area contributed by atoms with Crippen molar-refractivity contribution in [1.82, 2.24) is 15.0 Å². The number of hydrogen-bond acceptors (Lipinski definition) is 3. The molecule has 1 atom stereocenters. The van der Waals surface area contributed by atoms with Gasteiger partial charge in [0.25, 0.3) is 5.91 Å². The average molecular weight is 359 g/mol. The summed E-state index contributed by atoms with van der Waals surface area (Å²) >= 11 is 6.99. The summed E-state index contributed by atoms with van der Waals surface area (Å²) in [6.45, 7) is 1.91. The summed E-state index contributed by atoms with van der Waals surface area (Å²) < 4.78 is 1.08. The lowest BCUT2D eigenvalue weighted by Gasteiger charge is -2.10. The minimum absolute atomic E-state index is 0.0417. The van der Waals surface area contributed by atoms with Crippen LogP contribution in [0, 0.1) is 5.41 Å². The quantitative estimate of drug-likeness (QED) is 0.736. The normalized spacial score (nSPS) is 26.1. The van der Waals surface area contributed by atoms with Crippen molar-refractivity contribution in [3.63, 3.8) is 0 Å². The first-order chi connectivity index (χ1) is 7.96. The molecule has 0 saturated heterocycles. The lowest BCUT2D eigenvalue weighted by Crippen LogP contribution is -2.25. The van der Waals surface area contributed by atoms with Gasteiger partial charge in [-0.1, -0.05) is 49.2 Å². The lowest BCUT2D eigenvalue weighted by molar-refractivity contribution is 0.0812. The predicted octanol–water partition coefficient (Wildman–Crippen LogP) is 2.97. The van der Waals surface area contributed by atoms with Crippen LogP contribution in [0.3, 0.4) is 0 Å². The maximum absolute atomic E-state index is 12.4. The van der Waals surface area contributed by atoms with Crippen LogP contribution in [-0.4, -0.2) is 24.1 Å². The first-order valence-corrected chi connectivity index (χ1v) is 6.77. The van der Waals surface area contributed by atoms with Crippen LogP contribution in [0.1, 0.15) is 18.1 Å². The van der Waals surface area contributed by atoms with Gasteiger partial charge in [0.05, 0.1) is 14.2 Å². The molecular formula is C11H9Br2N3O. The number of carbonyl (C=O) groups is 1. The zero-order valence-electron chi connectivity index (χ0n) is 9.02. The Bertz CT molecular complexity index is 622. The highest BCUT2D eigenvalue weighted by Crippen LogP contribution is 2.66. The van der Waals surface area contributed by atoms with Crippen LogP contribution in [0.15, 0.2) is 24.3 Å². The molecule has 17 heavy (non-hydrogen) atoms. The fraction of sp³-hybridized carbons (Fsp3) is 0.364. The minimum atomic E-state index is -0.469. The van der Waals surface area contributed by atoms with Crippen LogP contribution in [0.2, 0.25) is 0 Å². The molecule has 1 saturated carbocycles. The molecule has 0 bridgehead atoms. The molecule has 1 heterocycles. The monoisotopic (exact) mass is 357 g/mol. The van der Waals surface area contributed by atoms with E-state index in [9.17, 15) is 4.79 Å². The Morgan fingerprint density at radius 3 is 2.71 bits per heavy atom. The molecule has 0 amide bonds. The largest absolute Gasteiger partial charge is 0.272 e. The number of rotatable bonds is 1. The predicted molar refractivity (Wildman–Crippen MR) is 71.5 cm³/mol. The van der Waals surface area contributed by atoms with E-state index in [1.54, 1.807) is 0 Å². The third-order valence-corrected chi connectivity index (χ3v) is 5.59. The van der Waals surface area contributed by atoms with Crippen molar-refractivity contribution in [3.8, 4) is 0 Å². The zero-order valence-corrected chi connectivity index (χ0v) is 12.2. The lowest BCUT2D eigenvalue weighted by atomic mass is 10.1. The number of nitrogens with zero attached hydrogens (tertiary/aromatic N) is 3. The van der Waals surface area contributed by atoms with E-state index in [1.165, 1.54) is 4.68 Å². The number of alkyl halides is 2. The Labute approximate surface area is 115 Å². The molecule has 3 rings (SSSR count). The maximum atomic E-state index is 12.4. The SMILES string of the molecule is C[C@]1(C(=O)n2nnc3ccccc32)CC1(Br)Br. The van der Waals surface area contributed by atoms with E-state index in [0.29, 0.717) is 0 Å². The summed E-state index contributed by atoms with van der Waals surface area (Å²) in [7, 11) is 0. The Morgan fingerprint density at radius 2 is 2.06 bits per heavy atom. The van der Waals surface area contributed by atoms with E-state index in [4.69, 9.17) is 0 Å². The second-order valence-corrected chi connectivity index (χ2v) is 8.28. The van der Waals surface area contributed by atoms with Crippen molar-refractivity contribution < 1.29 is 4.79 Å². The fourth-order valence-electron chi connectivity index (χ4n) is 1.88. The molecule has 88 valence electrons. The molecule has 0 unspecified atom stereocenters. The standard InChI is InChI=1S/C11H9Br2N3O/c1-10(6-11(10,12)13)9(17)16-8-5-3-2-4-7(8)14-15-16/h2-5H,6H2,1H3/t10-/m1/s1. The Morgan fingerprint density at radius 1 is 1.41 bits per heavy atom. The molecule has 6 heteroatoms. The molecule has 0 aliphatic heterocycles. The topological polar surface area (TPSA) is 47.8 Å². The molecule has 0 N–H and O–H groups in total. The van der Waals surface area contributed by atoms with Crippen LogP contribution < -0.4 is 0 Å². The highest BCUT2D eigenvalue weighted by molar-refractivity contribution is 9.25. The van der Waals surface area contributed by atoms with Crippen molar-refractivity contribution in [2.45, 2.75) is 16.6 Å². The molecule has 1 aliphatic rings. The van der Waals surface area contributed by atoms with Gasteiger partial charge < -0.3 is 0 Å². The van der Waals surface area contributed by atoms with Crippen LogP contribution in [0.5, 0.6) is 0 Å². The zero-order chi connectivity index (χ0) is 12.3. The van der Waals surface area contributed by atoms with E-state index < -0.39 is 5.41 Å². The van der Waals surface area contributed by atoms with Crippen LogP contribution >= 0.6 is 31.9 Å². The summed E-state index contributed by atoms with van der Waals surface area (Å²) in [5, 5.41) is 7.93. The van der Waals surface area contributed by atoms with Crippen molar-refractivity contribution >= 4 is 48.8 Å². The fourth-order valence-corrected chi connectivity index (χ4v) is 3.35. The average Bonchev–Trinajstić information content (AvgIpc) is 2.67. The van der Waals surface area contributed by atoms with Gasteiger partial charge in [-0.15, -0.1) is 5.10 Å². The second kappa shape index (κ2) is 3.38. The van der Waals surface area contributed by atoms with Crippen molar-refractivity contribution in [2.75, 3.05) is 0 Å². The Kier molecular flexibility index (Phi) is 2.26. The van der Waals surface area contributed by atoms with Gasteiger partial charge in [0, 0.05) is 0 Å². The molecule has 1 aromatic carbocycles. The molecule has 0 spiro atoms. The van der Waals surface area contributed by atoms with Gasteiger partial charge in [-0.05, 0) is 25.5 Å². The van der Waals surface area contributed by atoms with Gasteiger partial charge >= 0.3 is 0 Å². The summed E-state index contributed by atoms with van der Waals surface area (Å²) in [6, 6.07) is 7.45. The van der Waals surface area contributed by atoms with Gasteiger partial charge in [-0.3, -0.25) is 4.79 Å². The van der Waals surface area contributed by atoms with E-state index in [1.807, 2.05) is 31.2 Å². The van der Waals surface area contributed by atoms with Gasteiger partial charge in [0.1, 0.15) is 5.52 Å². The highest BCUT2D eigenvalue weighted by atomic mass is 79.9. The first kappa shape index (κ1) is 11.3. The van der Waals surface area contributed by atoms with Crippen LogP contribution in [0.25, 0.3) is 11.0 Å². The molecule has 4 nitrogen and oxygen atoms in total. The van der Waals surface area contributed by atoms with E-state index in [0.717, 1.165) is 17.5 Å². The molecule has 1 fully saturated rings. The molecule has 1 aliphatic carbocycles. The van der Waals surface area contributed by atoms with Crippen LogP contribution in [-0.2, 0) is 0 Å². The van der Waals surface area contributed by atoms with Gasteiger partial charge in [0.2, 0.25) is 0 Å². The molecule has 2 aromatic rings.